The van der Waals surface area contributed by atoms with Gasteiger partial charge in [0.25, 0.3) is 0 Å². The molecule has 0 saturated heterocycles. The van der Waals surface area contributed by atoms with Gasteiger partial charge in [0, 0.05) is 25.2 Å². The van der Waals surface area contributed by atoms with Crippen LogP contribution in [0.5, 0.6) is 0 Å². The van der Waals surface area contributed by atoms with Gasteiger partial charge in [-0.15, -0.1) is 11.3 Å². The summed E-state index contributed by atoms with van der Waals surface area (Å²) >= 11 is 8.08. The summed E-state index contributed by atoms with van der Waals surface area (Å²) in [4.78, 5) is 13.0. The minimum atomic E-state index is 0.0720. The van der Waals surface area contributed by atoms with Crippen LogP contribution in [0.1, 0.15) is 11.1 Å². The molecule has 4 rings (SSSR count). The SMILES string of the molecule is O=c1c2ccccc2sc2ccc(Cl)c(Cc3ccccc3)c12. The van der Waals surface area contributed by atoms with Gasteiger partial charge in [0.2, 0.25) is 0 Å². The van der Waals surface area contributed by atoms with E-state index in [2.05, 4.69) is 12.1 Å². The first-order valence-electron chi connectivity index (χ1n) is 7.41. The molecule has 1 aromatic heterocycles. The first-order chi connectivity index (χ1) is 11.2. The van der Waals surface area contributed by atoms with Gasteiger partial charge in [-0.1, -0.05) is 54.1 Å². The molecule has 0 radical (unpaired) electrons. The Kier molecular flexibility index (Phi) is 3.64. The standard InChI is InChI=1S/C20H13ClOS/c21-16-10-11-18-19(15(16)12-13-6-2-1-3-7-13)20(22)14-8-4-5-9-17(14)23-18/h1-11H,12H2. The van der Waals surface area contributed by atoms with E-state index in [0.717, 1.165) is 31.3 Å². The molecule has 0 fully saturated rings. The summed E-state index contributed by atoms with van der Waals surface area (Å²) in [5.74, 6) is 0. The Hall–Kier alpha value is -2.16. The lowest BCUT2D eigenvalue weighted by molar-refractivity contribution is 1.21. The molecule has 0 bridgehead atoms. The van der Waals surface area contributed by atoms with E-state index in [4.69, 9.17) is 11.6 Å². The Bertz CT molecular complexity index is 1070. The van der Waals surface area contributed by atoms with Crippen LogP contribution in [0.2, 0.25) is 5.02 Å². The van der Waals surface area contributed by atoms with Crippen LogP contribution in [0.15, 0.2) is 71.5 Å². The Morgan fingerprint density at radius 2 is 1.57 bits per heavy atom. The van der Waals surface area contributed by atoms with Gasteiger partial charge in [0.05, 0.1) is 0 Å². The van der Waals surface area contributed by atoms with Gasteiger partial charge >= 0.3 is 0 Å². The number of hydrogen-bond donors (Lipinski definition) is 0. The van der Waals surface area contributed by atoms with Crippen molar-refractivity contribution in [1.82, 2.24) is 0 Å². The minimum Gasteiger partial charge on any atom is -0.288 e. The van der Waals surface area contributed by atoms with E-state index in [1.165, 1.54) is 0 Å². The monoisotopic (exact) mass is 336 g/mol. The van der Waals surface area contributed by atoms with Crippen LogP contribution in [0.4, 0.5) is 0 Å². The maximum atomic E-state index is 13.0. The van der Waals surface area contributed by atoms with Crippen molar-refractivity contribution in [3.63, 3.8) is 0 Å². The van der Waals surface area contributed by atoms with Crippen molar-refractivity contribution < 1.29 is 0 Å². The normalized spacial score (nSPS) is 11.2. The van der Waals surface area contributed by atoms with E-state index < -0.39 is 0 Å². The van der Waals surface area contributed by atoms with Crippen LogP contribution in [-0.4, -0.2) is 0 Å². The summed E-state index contributed by atoms with van der Waals surface area (Å²) < 4.78 is 2.00. The van der Waals surface area contributed by atoms with Crippen LogP contribution < -0.4 is 5.43 Å². The number of rotatable bonds is 2. The first kappa shape index (κ1) is 14.4. The zero-order valence-electron chi connectivity index (χ0n) is 12.3. The fourth-order valence-corrected chi connectivity index (χ4v) is 4.24. The van der Waals surface area contributed by atoms with Crippen molar-refractivity contribution in [2.24, 2.45) is 0 Å². The quantitative estimate of drug-likeness (QED) is 0.432. The van der Waals surface area contributed by atoms with Gasteiger partial charge in [-0.3, -0.25) is 4.79 Å². The molecule has 23 heavy (non-hydrogen) atoms. The molecule has 0 aliphatic rings. The smallest absolute Gasteiger partial charge is 0.196 e. The minimum absolute atomic E-state index is 0.0720. The third kappa shape index (κ3) is 2.54. The lowest BCUT2D eigenvalue weighted by atomic mass is 10.0. The lowest BCUT2D eigenvalue weighted by Crippen LogP contribution is -2.05. The van der Waals surface area contributed by atoms with E-state index in [1.54, 1.807) is 11.3 Å². The highest BCUT2D eigenvalue weighted by atomic mass is 35.5. The molecule has 112 valence electrons. The summed E-state index contributed by atoms with van der Waals surface area (Å²) in [5, 5.41) is 2.17. The average Bonchev–Trinajstić information content (AvgIpc) is 2.59. The molecule has 0 aliphatic heterocycles. The molecule has 3 aromatic carbocycles. The van der Waals surface area contributed by atoms with Gasteiger partial charge in [0.15, 0.2) is 5.43 Å². The molecule has 0 aliphatic carbocycles. The van der Waals surface area contributed by atoms with Crippen molar-refractivity contribution in [2.45, 2.75) is 6.42 Å². The molecule has 1 nitrogen and oxygen atoms in total. The second kappa shape index (κ2) is 5.80. The summed E-state index contributed by atoms with van der Waals surface area (Å²) in [6, 6.07) is 21.7. The molecule has 3 heteroatoms. The number of benzene rings is 3. The topological polar surface area (TPSA) is 17.1 Å². The molecule has 0 N–H and O–H groups in total. The molecule has 0 saturated carbocycles. The molecule has 0 atom stereocenters. The zero-order chi connectivity index (χ0) is 15.8. The van der Waals surface area contributed by atoms with Gasteiger partial charge in [-0.2, -0.15) is 0 Å². The van der Waals surface area contributed by atoms with E-state index in [0.29, 0.717) is 11.4 Å². The maximum absolute atomic E-state index is 13.0. The predicted octanol–water partition coefficient (Wildman–Crippen LogP) is 5.66. The number of hydrogen-bond acceptors (Lipinski definition) is 2. The number of fused-ring (bicyclic) bond motifs is 2. The van der Waals surface area contributed by atoms with Crippen molar-refractivity contribution in [3.8, 4) is 0 Å². The fourth-order valence-electron chi connectivity index (χ4n) is 2.90. The fraction of sp³-hybridized carbons (Fsp3) is 0.0500. The molecule has 0 unspecified atom stereocenters. The molecular weight excluding hydrogens is 324 g/mol. The van der Waals surface area contributed by atoms with Crippen LogP contribution >= 0.6 is 22.9 Å². The third-order valence-electron chi connectivity index (χ3n) is 4.02. The van der Waals surface area contributed by atoms with Crippen molar-refractivity contribution in [3.05, 3.63) is 93.1 Å². The van der Waals surface area contributed by atoms with Crippen molar-refractivity contribution in [2.75, 3.05) is 0 Å². The van der Waals surface area contributed by atoms with E-state index in [-0.39, 0.29) is 5.43 Å². The average molecular weight is 337 g/mol. The molecular formula is C20H13ClOS. The van der Waals surface area contributed by atoms with Crippen LogP contribution in [0.3, 0.4) is 0 Å². The van der Waals surface area contributed by atoms with E-state index >= 15 is 0 Å². The highest BCUT2D eigenvalue weighted by Gasteiger charge is 2.13. The Morgan fingerprint density at radius 1 is 0.826 bits per heavy atom. The Labute approximate surface area is 142 Å². The zero-order valence-corrected chi connectivity index (χ0v) is 13.8. The van der Waals surface area contributed by atoms with Crippen molar-refractivity contribution >= 4 is 43.1 Å². The Balaban J connectivity index is 2.04. The second-order valence-corrected chi connectivity index (χ2v) is 6.98. The summed E-state index contributed by atoms with van der Waals surface area (Å²) in [7, 11) is 0. The third-order valence-corrected chi connectivity index (χ3v) is 5.51. The highest BCUT2D eigenvalue weighted by Crippen LogP contribution is 2.31. The van der Waals surface area contributed by atoms with Gasteiger partial charge < -0.3 is 0 Å². The van der Waals surface area contributed by atoms with Gasteiger partial charge in [-0.25, -0.2) is 0 Å². The van der Waals surface area contributed by atoms with Crippen LogP contribution in [-0.2, 0) is 6.42 Å². The first-order valence-corrected chi connectivity index (χ1v) is 8.60. The molecule has 0 spiro atoms. The molecule has 4 aromatic rings. The van der Waals surface area contributed by atoms with Gasteiger partial charge in [-0.05, 0) is 41.8 Å². The van der Waals surface area contributed by atoms with Crippen LogP contribution in [0.25, 0.3) is 20.2 Å². The lowest BCUT2D eigenvalue weighted by Gasteiger charge is -2.09. The summed E-state index contributed by atoms with van der Waals surface area (Å²) in [5.41, 5.74) is 2.14. The van der Waals surface area contributed by atoms with Crippen molar-refractivity contribution in [1.29, 1.82) is 0 Å². The summed E-state index contributed by atoms with van der Waals surface area (Å²) in [6.07, 6.45) is 0.664. The summed E-state index contributed by atoms with van der Waals surface area (Å²) in [6.45, 7) is 0. The molecule has 1 heterocycles. The molecule has 0 amide bonds. The highest BCUT2D eigenvalue weighted by molar-refractivity contribution is 7.24. The van der Waals surface area contributed by atoms with E-state index in [9.17, 15) is 4.79 Å². The van der Waals surface area contributed by atoms with Crippen LogP contribution in [0, 0.1) is 0 Å². The Morgan fingerprint density at radius 3 is 2.39 bits per heavy atom. The second-order valence-electron chi connectivity index (χ2n) is 5.49. The van der Waals surface area contributed by atoms with Gasteiger partial charge in [0.1, 0.15) is 0 Å². The largest absolute Gasteiger partial charge is 0.288 e. The van der Waals surface area contributed by atoms with E-state index in [1.807, 2.05) is 54.6 Å². The number of halogens is 1. The maximum Gasteiger partial charge on any atom is 0.196 e. The predicted molar refractivity (Wildman–Crippen MR) is 99.9 cm³/mol.